The minimum atomic E-state index is -0.705. The molecular formula is C14H22ClNO2. The third-order valence-corrected chi connectivity index (χ3v) is 2.86. The van der Waals surface area contributed by atoms with Crippen LogP contribution in [0.2, 0.25) is 5.02 Å². The molecule has 0 fully saturated rings. The summed E-state index contributed by atoms with van der Waals surface area (Å²) in [5, 5.41) is 13.5. The Bertz CT molecular complexity index is 400. The second kappa shape index (κ2) is 6.41. The standard InChI is InChI=1S/C14H22ClNO2/c1-5-18-13-6-10(2)11(7-12(13)15)8-16-9-14(3,4)17/h6-7,16-17H,5,8-9H2,1-4H3. The van der Waals surface area contributed by atoms with Gasteiger partial charge in [-0.1, -0.05) is 11.6 Å². The molecule has 102 valence electrons. The number of benzene rings is 1. The van der Waals surface area contributed by atoms with Gasteiger partial charge in [-0.3, -0.25) is 0 Å². The van der Waals surface area contributed by atoms with Crippen molar-refractivity contribution in [2.45, 2.75) is 39.8 Å². The predicted octanol–water partition coefficient (Wildman–Crippen LogP) is 2.91. The van der Waals surface area contributed by atoms with Crippen molar-refractivity contribution in [2.24, 2.45) is 0 Å². The molecule has 4 heteroatoms. The van der Waals surface area contributed by atoms with Crippen molar-refractivity contribution >= 4 is 11.6 Å². The van der Waals surface area contributed by atoms with E-state index in [0.717, 1.165) is 16.9 Å². The van der Waals surface area contributed by atoms with Crippen LogP contribution in [0, 0.1) is 6.92 Å². The number of rotatable bonds is 6. The second-order valence-corrected chi connectivity index (χ2v) is 5.47. The zero-order valence-electron chi connectivity index (χ0n) is 11.5. The van der Waals surface area contributed by atoms with Crippen LogP contribution in [0.4, 0.5) is 0 Å². The minimum Gasteiger partial charge on any atom is -0.492 e. The van der Waals surface area contributed by atoms with E-state index in [4.69, 9.17) is 16.3 Å². The van der Waals surface area contributed by atoms with Crippen molar-refractivity contribution in [2.75, 3.05) is 13.2 Å². The number of aryl methyl sites for hydroxylation is 1. The predicted molar refractivity (Wildman–Crippen MR) is 75.4 cm³/mol. The molecule has 0 aliphatic rings. The molecule has 0 aliphatic carbocycles. The van der Waals surface area contributed by atoms with Crippen LogP contribution in [0.15, 0.2) is 12.1 Å². The first-order chi connectivity index (χ1) is 8.33. The first-order valence-electron chi connectivity index (χ1n) is 6.18. The van der Waals surface area contributed by atoms with Crippen molar-refractivity contribution in [3.63, 3.8) is 0 Å². The zero-order chi connectivity index (χ0) is 13.8. The van der Waals surface area contributed by atoms with Gasteiger partial charge in [-0.25, -0.2) is 0 Å². The molecule has 0 heterocycles. The molecule has 0 unspecified atom stereocenters. The SMILES string of the molecule is CCOc1cc(C)c(CNCC(C)(C)O)cc1Cl. The molecular weight excluding hydrogens is 250 g/mol. The Kier molecular flexibility index (Phi) is 5.45. The Balaban J connectivity index is 2.70. The van der Waals surface area contributed by atoms with E-state index >= 15 is 0 Å². The monoisotopic (exact) mass is 271 g/mol. The maximum absolute atomic E-state index is 9.63. The van der Waals surface area contributed by atoms with Gasteiger partial charge in [0, 0.05) is 13.1 Å². The molecule has 0 radical (unpaired) electrons. The number of halogens is 1. The zero-order valence-corrected chi connectivity index (χ0v) is 12.3. The summed E-state index contributed by atoms with van der Waals surface area (Å²) >= 11 is 6.15. The van der Waals surface area contributed by atoms with Crippen LogP contribution in [-0.2, 0) is 6.54 Å². The summed E-state index contributed by atoms with van der Waals surface area (Å²) in [6.07, 6.45) is 0. The number of ether oxygens (including phenoxy) is 1. The van der Waals surface area contributed by atoms with E-state index in [1.807, 2.05) is 26.0 Å². The lowest BCUT2D eigenvalue weighted by Gasteiger charge is -2.18. The molecule has 1 aromatic carbocycles. The fraction of sp³-hybridized carbons (Fsp3) is 0.571. The Labute approximate surface area is 114 Å². The Morgan fingerprint density at radius 1 is 1.39 bits per heavy atom. The van der Waals surface area contributed by atoms with E-state index in [0.29, 0.717) is 24.7 Å². The summed E-state index contributed by atoms with van der Waals surface area (Å²) in [6.45, 7) is 9.34. The van der Waals surface area contributed by atoms with E-state index in [-0.39, 0.29) is 0 Å². The van der Waals surface area contributed by atoms with Crippen molar-refractivity contribution in [3.05, 3.63) is 28.3 Å². The Morgan fingerprint density at radius 2 is 2.06 bits per heavy atom. The quantitative estimate of drug-likeness (QED) is 0.836. The maximum atomic E-state index is 9.63. The maximum Gasteiger partial charge on any atom is 0.138 e. The van der Waals surface area contributed by atoms with Gasteiger partial charge in [0.2, 0.25) is 0 Å². The van der Waals surface area contributed by atoms with Crippen LogP contribution in [0.3, 0.4) is 0 Å². The molecule has 1 aromatic rings. The lowest BCUT2D eigenvalue weighted by Crippen LogP contribution is -2.34. The highest BCUT2D eigenvalue weighted by molar-refractivity contribution is 6.32. The molecule has 0 bridgehead atoms. The third-order valence-electron chi connectivity index (χ3n) is 2.56. The molecule has 0 aliphatic heterocycles. The van der Waals surface area contributed by atoms with Crippen molar-refractivity contribution in [1.82, 2.24) is 5.32 Å². The van der Waals surface area contributed by atoms with Crippen LogP contribution >= 0.6 is 11.6 Å². The van der Waals surface area contributed by atoms with Gasteiger partial charge in [-0.15, -0.1) is 0 Å². The van der Waals surface area contributed by atoms with Gasteiger partial charge in [-0.05, 0) is 51.0 Å². The molecule has 18 heavy (non-hydrogen) atoms. The normalized spacial score (nSPS) is 11.7. The van der Waals surface area contributed by atoms with Crippen molar-refractivity contribution in [3.8, 4) is 5.75 Å². The lowest BCUT2D eigenvalue weighted by atomic mass is 10.1. The number of aliphatic hydroxyl groups is 1. The molecule has 3 nitrogen and oxygen atoms in total. The number of hydrogen-bond acceptors (Lipinski definition) is 3. The van der Waals surface area contributed by atoms with Gasteiger partial charge in [0.25, 0.3) is 0 Å². The summed E-state index contributed by atoms with van der Waals surface area (Å²) in [4.78, 5) is 0. The van der Waals surface area contributed by atoms with Crippen LogP contribution in [0.5, 0.6) is 5.75 Å². The average molecular weight is 272 g/mol. The summed E-state index contributed by atoms with van der Waals surface area (Å²) in [5.74, 6) is 0.725. The van der Waals surface area contributed by atoms with Gasteiger partial charge in [0.15, 0.2) is 0 Å². The van der Waals surface area contributed by atoms with Gasteiger partial charge in [0.05, 0.1) is 17.2 Å². The van der Waals surface area contributed by atoms with E-state index < -0.39 is 5.60 Å². The number of hydrogen-bond donors (Lipinski definition) is 2. The highest BCUT2D eigenvalue weighted by Gasteiger charge is 2.12. The molecule has 1 rings (SSSR count). The molecule has 0 spiro atoms. The molecule has 0 saturated carbocycles. The van der Waals surface area contributed by atoms with Crippen molar-refractivity contribution < 1.29 is 9.84 Å². The molecule has 0 aromatic heterocycles. The van der Waals surface area contributed by atoms with Gasteiger partial charge in [0.1, 0.15) is 5.75 Å². The van der Waals surface area contributed by atoms with Crippen LogP contribution in [0.1, 0.15) is 31.9 Å². The average Bonchev–Trinajstić information content (AvgIpc) is 2.23. The third kappa shape index (κ3) is 4.84. The van der Waals surface area contributed by atoms with E-state index in [1.54, 1.807) is 13.8 Å². The van der Waals surface area contributed by atoms with Crippen LogP contribution in [-0.4, -0.2) is 23.9 Å². The van der Waals surface area contributed by atoms with Crippen LogP contribution < -0.4 is 10.1 Å². The molecule has 0 atom stereocenters. The fourth-order valence-corrected chi connectivity index (χ4v) is 1.90. The van der Waals surface area contributed by atoms with E-state index in [1.165, 1.54) is 0 Å². The smallest absolute Gasteiger partial charge is 0.138 e. The summed E-state index contributed by atoms with van der Waals surface area (Å²) in [5.41, 5.74) is 1.54. The van der Waals surface area contributed by atoms with Crippen LogP contribution in [0.25, 0.3) is 0 Å². The summed E-state index contributed by atoms with van der Waals surface area (Å²) in [6, 6.07) is 3.87. The topological polar surface area (TPSA) is 41.5 Å². The van der Waals surface area contributed by atoms with Crippen molar-refractivity contribution in [1.29, 1.82) is 0 Å². The van der Waals surface area contributed by atoms with Gasteiger partial charge in [-0.2, -0.15) is 0 Å². The largest absolute Gasteiger partial charge is 0.492 e. The Morgan fingerprint density at radius 3 is 2.61 bits per heavy atom. The first-order valence-corrected chi connectivity index (χ1v) is 6.56. The Hall–Kier alpha value is -0.770. The van der Waals surface area contributed by atoms with E-state index in [2.05, 4.69) is 5.32 Å². The van der Waals surface area contributed by atoms with Gasteiger partial charge >= 0.3 is 0 Å². The molecule has 0 saturated heterocycles. The minimum absolute atomic E-state index is 0.539. The second-order valence-electron chi connectivity index (χ2n) is 5.06. The first kappa shape index (κ1) is 15.3. The summed E-state index contributed by atoms with van der Waals surface area (Å²) in [7, 11) is 0. The highest BCUT2D eigenvalue weighted by atomic mass is 35.5. The number of nitrogens with one attached hydrogen (secondary N) is 1. The highest BCUT2D eigenvalue weighted by Crippen LogP contribution is 2.28. The van der Waals surface area contributed by atoms with Gasteiger partial charge < -0.3 is 15.2 Å². The molecule has 2 N–H and O–H groups in total. The van der Waals surface area contributed by atoms with E-state index in [9.17, 15) is 5.11 Å². The molecule has 0 amide bonds. The fourth-order valence-electron chi connectivity index (χ4n) is 1.66. The summed E-state index contributed by atoms with van der Waals surface area (Å²) < 4.78 is 5.44. The lowest BCUT2D eigenvalue weighted by molar-refractivity contribution is 0.0795.